The molecule has 2 saturated heterocycles. The van der Waals surface area contributed by atoms with Crippen molar-refractivity contribution in [2.75, 3.05) is 19.6 Å². The maximum absolute atomic E-state index is 13.3. The summed E-state index contributed by atoms with van der Waals surface area (Å²) >= 11 is 0. The van der Waals surface area contributed by atoms with E-state index in [0.29, 0.717) is 31.9 Å². The van der Waals surface area contributed by atoms with Gasteiger partial charge in [-0.1, -0.05) is 0 Å². The van der Waals surface area contributed by atoms with Gasteiger partial charge in [0.25, 0.3) is 0 Å². The van der Waals surface area contributed by atoms with Gasteiger partial charge >= 0.3 is 0 Å². The molecule has 8 heteroatoms. The molecular weight excluding hydrogens is 338 g/mol. The summed E-state index contributed by atoms with van der Waals surface area (Å²) in [6.07, 6.45) is 3.31. The molecule has 1 amide bonds. The van der Waals surface area contributed by atoms with Crippen LogP contribution in [0.2, 0.25) is 0 Å². The molecule has 0 spiro atoms. The number of amides is 1. The highest BCUT2D eigenvalue weighted by atomic mass is 32.2. The molecule has 132 valence electrons. The summed E-state index contributed by atoms with van der Waals surface area (Å²) in [5.41, 5.74) is 0. The number of hydrogen-bond acceptors (Lipinski definition) is 3. The number of nitrogens with zero attached hydrogens (tertiary/aromatic N) is 2. The van der Waals surface area contributed by atoms with Crippen molar-refractivity contribution in [1.29, 1.82) is 0 Å². The number of carbonyl (C=O) groups is 1. The van der Waals surface area contributed by atoms with Gasteiger partial charge in [-0.05, 0) is 37.8 Å². The molecule has 2 heterocycles. The number of carbonyl (C=O) groups excluding carboxylic acids is 1. The molecule has 2 aliphatic rings. The Bertz CT molecular complexity index is 719. The van der Waals surface area contributed by atoms with Crippen LogP contribution >= 0.6 is 0 Å². The van der Waals surface area contributed by atoms with Crippen molar-refractivity contribution in [3.05, 3.63) is 29.8 Å². The van der Waals surface area contributed by atoms with Gasteiger partial charge < -0.3 is 4.90 Å². The zero-order valence-corrected chi connectivity index (χ0v) is 14.1. The zero-order valence-electron chi connectivity index (χ0n) is 13.2. The lowest BCUT2D eigenvalue weighted by Crippen LogP contribution is -2.37. The number of hydrogen-bond donors (Lipinski definition) is 0. The first-order chi connectivity index (χ1) is 11.4. The van der Waals surface area contributed by atoms with Crippen molar-refractivity contribution in [1.82, 2.24) is 9.21 Å². The average molecular weight is 358 g/mol. The largest absolute Gasteiger partial charge is 0.340 e. The molecule has 24 heavy (non-hydrogen) atoms. The molecule has 3 rings (SSSR count). The summed E-state index contributed by atoms with van der Waals surface area (Å²) in [7, 11) is -3.94. The van der Waals surface area contributed by atoms with Crippen LogP contribution in [0, 0.1) is 11.6 Å². The topological polar surface area (TPSA) is 57.7 Å². The number of rotatable bonds is 3. The zero-order chi connectivity index (χ0) is 17.3. The fourth-order valence-electron chi connectivity index (χ4n) is 3.49. The molecule has 0 aliphatic carbocycles. The monoisotopic (exact) mass is 358 g/mol. The standard InChI is InChI=1S/C16H20F2N2O3S/c17-12-9-13(18)11-15(10-12)24(22,23)19-6-1-3-14(5-8-19)20-7-2-4-16(20)21/h9-11,14H,1-8H2. The first kappa shape index (κ1) is 17.3. The third kappa shape index (κ3) is 3.44. The molecule has 2 fully saturated rings. The van der Waals surface area contributed by atoms with E-state index in [1.54, 1.807) is 0 Å². The quantitative estimate of drug-likeness (QED) is 0.832. The summed E-state index contributed by atoms with van der Waals surface area (Å²) in [6, 6.07) is 2.37. The van der Waals surface area contributed by atoms with E-state index >= 15 is 0 Å². The minimum atomic E-state index is -3.94. The Morgan fingerprint density at radius 1 is 0.958 bits per heavy atom. The normalized spacial score (nSPS) is 23.5. The van der Waals surface area contributed by atoms with Crippen LogP contribution < -0.4 is 0 Å². The van der Waals surface area contributed by atoms with E-state index in [2.05, 4.69) is 0 Å². The van der Waals surface area contributed by atoms with Gasteiger partial charge in [-0.2, -0.15) is 4.31 Å². The molecule has 2 aliphatic heterocycles. The highest BCUT2D eigenvalue weighted by Crippen LogP contribution is 2.26. The van der Waals surface area contributed by atoms with Crippen LogP contribution in [0.15, 0.2) is 23.1 Å². The predicted octanol–water partition coefficient (Wildman–Crippen LogP) is 2.13. The molecule has 1 unspecified atom stereocenters. The fraction of sp³-hybridized carbons (Fsp3) is 0.562. The predicted molar refractivity (Wildman–Crippen MR) is 83.7 cm³/mol. The Balaban J connectivity index is 1.76. The van der Waals surface area contributed by atoms with E-state index in [9.17, 15) is 22.0 Å². The van der Waals surface area contributed by atoms with Crippen LogP contribution in [0.4, 0.5) is 8.78 Å². The van der Waals surface area contributed by atoms with Crippen molar-refractivity contribution < 1.29 is 22.0 Å². The Hall–Kier alpha value is -1.54. The number of sulfonamides is 1. The summed E-state index contributed by atoms with van der Waals surface area (Å²) in [5, 5.41) is 0. The molecular formula is C16H20F2N2O3S. The van der Waals surface area contributed by atoms with Gasteiger partial charge in [0.05, 0.1) is 4.90 Å². The third-order valence-electron chi connectivity index (χ3n) is 4.68. The van der Waals surface area contributed by atoms with Crippen molar-refractivity contribution in [2.24, 2.45) is 0 Å². The number of likely N-dealkylation sites (tertiary alicyclic amines) is 1. The van der Waals surface area contributed by atoms with Crippen LogP contribution in [0.5, 0.6) is 0 Å². The fourth-order valence-corrected chi connectivity index (χ4v) is 5.02. The Morgan fingerprint density at radius 2 is 1.67 bits per heavy atom. The second kappa shape index (κ2) is 6.76. The van der Waals surface area contributed by atoms with E-state index in [1.165, 1.54) is 4.31 Å². The van der Waals surface area contributed by atoms with Crippen molar-refractivity contribution in [3.8, 4) is 0 Å². The lowest BCUT2D eigenvalue weighted by Gasteiger charge is -2.26. The van der Waals surface area contributed by atoms with Gasteiger partial charge in [-0.25, -0.2) is 17.2 Å². The first-order valence-electron chi connectivity index (χ1n) is 8.13. The van der Waals surface area contributed by atoms with E-state index in [4.69, 9.17) is 0 Å². The van der Waals surface area contributed by atoms with Gasteiger partial charge in [0.2, 0.25) is 15.9 Å². The van der Waals surface area contributed by atoms with Crippen molar-refractivity contribution in [3.63, 3.8) is 0 Å². The van der Waals surface area contributed by atoms with E-state index in [1.807, 2.05) is 4.90 Å². The van der Waals surface area contributed by atoms with Gasteiger partial charge in [0, 0.05) is 38.2 Å². The van der Waals surface area contributed by atoms with Crippen LogP contribution in [0.25, 0.3) is 0 Å². The highest BCUT2D eigenvalue weighted by molar-refractivity contribution is 7.89. The third-order valence-corrected chi connectivity index (χ3v) is 6.56. The Morgan fingerprint density at radius 3 is 2.29 bits per heavy atom. The summed E-state index contributed by atoms with van der Waals surface area (Å²) < 4.78 is 53.3. The van der Waals surface area contributed by atoms with Crippen LogP contribution in [0.3, 0.4) is 0 Å². The van der Waals surface area contributed by atoms with Crippen molar-refractivity contribution in [2.45, 2.75) is 43.0 Å². The van der Waals surface area contributed by atoms with Crippen molar-refractivity contribution >= 4 is 15.9 Å². The molecule has 0 saturated carbocycles. The maximum Gasteiger partial charge on any atom is 0.243 e. The first-order valence-corrected chi connectivity index (χ1v) is 9.57. The maximum atomic E-state index is 13.3. The van der Waals surface area contributed by atoms with Crippen LogP contribution in [0.1, 0.15) is 32.1 Å². The number of benzene rings is 1. The second-order valence-corrected chi connectivity index (χ2v) is 8.22. The smallest absolute Gasteiger partial charge is 0.243 e. The molecule has 1 aromatic rings. The molecule has 0 bridgehead atoms. The molecule has 0 N–H and O–H groups in total. The number of halogens is 2. The Kier molecular flexibility index (Phi) is 4.87. The minimum Gasteiger partial charge on any atom is -0.340 e. The van der Waals surface area contributed by atoms with E-state index in [-0.39, 0.29) is 23.4 Å². The van der Waals surface area contributed by atoms with Gasteiger partial charge in [0.1, 0.15) is 11.6 Å². The van der Waals surface area contributed by atoms with Gasteiger partial charge in [-0.3, -0.25) is 4.79 Å². The molecule has 0 radical (unpaired) electrons. The van der Waals surface area contributed by atoms with Gasteiger partial charge in [0.15, 0.2) is 0 Å². The SMILES string of the molecule is O=C1CCCN1C1CCCN(S(=O)(=O)c2cc(F)cc(F)c2)CC1. The Labute approximate surface area is 140 Å². The van der Waals surface area contributed by atoms with Crippen LogP contribution in [-0.2, 0) is 14.8 Å². The lowest BCUT2D eigenvalue weighted by molar-refractivity contribution is -0.129. The second-order valence-electron chi connectivity index (χ2n) is 6.28. The molecule has 0 aromatic heterocycles. The highest BCUT2D eigenvalue weighted by Gasteiger charge is 2.33. The summed E-state index contributed by atoms with van der Waals surface area (Å²) in [5.74, 6) is -1.70. The molecule has 5 nitrogen and oxygen atoms in total. The van der Waals surface area contributed by atoms with E-state index < -0.39 is 21.7 Å². The van der Waals surface area contributed by atoms with Crippen LogP contribution in [-0.4, -0.2) is 49.2 Å². The average Bonchev–Trinajstić information content (AvgIpc) is 2.79. The lowest BCUT2D eigenvalue weighted by atomic mass is 10.1. The molecule has 1 aromatic carbocycles. The van der Waals surface area contributed by atoms with Gasteiger partial charge in [-0.15, -0.1) is 0 Å². The van der Waals surface area contributed by atoms with E-state index in [0.717, 1.165) is 31.5 Å². The summed E-state index contributed by atoms with van der Waals surface area (Å²) in [4.78, 5) is 13.4. The molecule has 1 atom stereocenters. The summed E-state index contributed by atoms with van der Waals surface area (Å²) in [6.45, 7) is 1.26. The minimum absolute atomic E-state index is 0.0458.